The number of carbonyl (C=O) groups excluding carboxylic acids is 3. The molecule has 0 atom stereocenters. The molecule has 1 saturated carbocycles. The van der Waals surface area contributed by atoms with E-state index in [1.54, 1.807) is 29.2 Å². The first-order valence-electron chi connectivity index (χ1n) is 10.3. The fourth-order valence-electron chi connectivity index (χ4n) is 3.63. The van der Waals surface area contributed by atoms with E-state index in [0.717, 1.165) is 12.8 Å². The molecule has 0 spiro atoms. The highest BCUT2D eigenvalue weighted by Gasteiger charge is 2.30. The van der Waals surface area contributed by atoms with Crippen molar-refractivity contribution in [3.05, 3.63) is 59.9 Å². The van der Waals surface area contributed by atoms with Crippen molar-refractivity contribution in [1.82, 2.24) is 4.90 Å². The Balaban J connectivity index is 1.29. The van der Waals surface area contributed by atoms with Crippen molar-refractivity contribution in [2.75, 3.05) is 23.7 Å². The summed E-state index contributed by atoms with van der Waals surface area (Å²) in [6.45, 7) is 0.956. The third kappa shape index (κ3) is 4.84. The van der Waals surface area contributed by atoms with Gasteiger partial charge < -0.3 is 15.5 Å². The molecule has 156 valence electrons. The second-order valence-electron chi connectivity index (χ2n) is 7.91. The maximum Gasteiger partial charge on any atom is 0.253 e. The van der Waals surface area contributed by atoms with Crippen LogP contribution in [0.25, 0.3) is 0 Å². The Labute approximate surface area is 174 Å². The molecule has 0 unspecified atom stereocenters. The summed E-state index contributed by atoms with van der Waals surface area (Å²) < 4.78 is 13.0. The van der Waals surface area contributed by atoms with Gasteiger partial charge in [0.05, 0.1) is 0 Å². The molecule has 2 aromatic carbocycles. The molecule has 0 radical (unpaired) electrons. The summed E-state index contributed by atoms with van der Waals surface area (Å²) in [5.41, 5.74) is 1.76. The van der Waals surface area contributed by atoms with E-state index in [0.29, 0.717) is 42.9 Å². The largest absolute Gasteiger partial charge is 0.339 e. The highest BCUT2D eigenvalue weighted by Crippen LogP contribution is 2.30. The predicted octanol–water partition coefficient (Wildman–Crippen LogP) is 3.67. The van der Waals surface area contributed by atoms with Crippen LogP contribution in [-0.4, -0.2) is 35.7 Å². The zero-order valence-corrected chi connectivity index (χ0v) is 16.6. The lowest BCUT2D eigenvalue weighted by Gasteiger charge is -2.31. The first kappa shape index (κ1) is 20.1. The van der Waals surface area contributed by atoms with E-state index < -0.39 is 0 Å². The summed E-state index contributed by atoms with van der Waals surface area (Å²) in [5.74, 6) is -0.657. The molecule has 2 aromatic rings. The number of anilines is 2. The molecule has 6 nitrogen and oxygen atoms in total. The number of likely N-dealkylation sites (tertiary alicyclic amines) is 1. The average molecular weight is 409 g/mol. The zero-order valence-electron chi connectivity index (χ0n) is 16.6. The number of amides is 3. The van der Waals surface area contributed by atoms with E-state index in [2.05, 4.69) is 10.6 Å². The van der Waals surface area contributed by atoms with Gasteiger partial charge in [0.25, 0.3) is 5.91 Å². The average Bonchev–Trinajstić information content (AvgIpc) is 3.60. The van der Waals surface area contributed by atoms with E-state index in [-0.39, 0.29) is 35.4 Å². The van der Waals surface area contributed by atoms with Crippen molar-refractivity contribution in [2.45, 2.75) is 25.7 Å². The van der Waals surface area contributed by atoms with Crippen molar-refractivity contribution in [2.24, 2.45) is 11.8 Å². The van der Waals surface area contributed by atoms with Gasteiger partial charge >= 0.3 is 0 Å². The maximum atomic E-state index is 13.0. The summed E-state index contributed by atoms with van der Waals surface area (Å²) in [6, 6.07) is 12.6. The quantitative estimate of drug-likeness (QED) is 0.791. The highest BCUT2D eigenvalue weighted by molar-refractivity contribution is 5.97. The molecule has 1 aliphatic heterocycles. The molecule has 2 N–H and O–H groups in total. The number of piperidine rings is 1. The van der Waals surface area contributed by atoms with Gasteiger partial charge in [-0.05, 0) is 68.1 Å². The number of halogens is 1. The third-order valence-corrected chi connectivity index (χ3v) is 5.59. The van der Waals surface area contributed by atoms with Crippen LogP contribution in [0.2, 0.25) is 0 Å². The zero-order chi connectivity index (χ0) is 21.1. The molecule has 3 amide bonds. The van der Waals surface area contributed by atoms with Gasteiger partial charge in [-0.3, -0.25) is 14.4 Å². The van der Waals surface area contributed by atoms with Crippen molar-refractivity contribution >= 4 is 29.1 Å². The molecule has 4 rings (SSSR count). The molecular weight excluding hydrogens is 385 g/mol. The first-order valence-corrected chi connectivity index (χ1v) is 10.3. The number of rotatable bonds is 5. The Hall–Kier alpha value is -3.22. The summed E-state index contributed by atoms with van der Waals surface area (Å²) in [5, 5.41) is 5.79. The van der Waals surface area contributed by atoms with E-state index in [1.807, 2.05) is 0 Å². The topological polar surface area (TPSA) is 78.5 Å². The van der Waals surface area contributed by atoms with Crippen LogP contribution >= 0.6 is 0 Å². The minimum Gasteiger partial charge on any atom is -0.339 e. The SMILES string of the molecule is O=C(Nc1cccc(NC(=O)C2CCN(C(=O)c3ccc(F)cc3)CC2)c1)C1CC1. The van der Waals surface area contributed by atoms with Gasteiger partial charge in [-0.15, -0.1) is 0 Å². The molecule has 0 bridgehead atoms. The van der Waals surface area contributed by atoms with E-state index in [1.165, 1.54) is 24.3 Å². The number of carbonyl (C=O) groups is 3. The van der Waals surface area contributed by atoms with Gasteiger partial charge in [-0.2, -0.15) is 0 Å². The molecule has 1 heterocycles. The monoisotopic (exact) mass is 409 g/mol. The number of hydrogen-bond donors (Lipinski definition) is 2. The number of nitrogens with zero attached hydrogens (tertiary/aromatic N) is 1. The molecule has 0 aromatic heterocycles. The predicted molar refractivity (Wildman–Crippen MR) is 111 cm³/mol. The lowest BCUT2D eigenvalue weighted by Crippen LogP contribution is -2.41. The summed E-state index contributed by atoms with van der Waals surface area (Å²) in [7, 11) is 0. The Bertz CT molecular complexity index is 948. The second-order valence-corrected chi connectivity index (χ2v) is 7.91. The van der Waals surface area contributed by atoms with E-state index in [4.69, 9.17) is 0 Å². The van der Waals surface area contributed by atoms with Crippen LogP contribution in [0.1, 0.15) is 36.0 Å². The Morgan fingerprint density at radius 2 is 1.33 bits per heavy atom. The smallest absolute Gasteiger partial charge is 0.253 e. The van der Waals surface area contributed by atoms with Crippen LogP contribution in [0.4, 0.5) is 15.8 Å². The number of benzene rings is 2. The van der Waals surface area contributed by atoms with Crippen LogP contribution < -0.4 is 10.6 Å². The van der Waals surface area contributed by atoms with Crippen LogP contribution in [0.15, 0.2) is 48.5 Å². The summed E-state index contributed by atoms with van der Waals surface area (Å²) >= 11 is 0. The molecule has 1 saturated heterocycles. The lowest BCUT2D eigenvalue weighted by molar-refractivity contribution is -0.121. The Morgan fingerprint density at radius 3 is 1.87 bits per heavy atom. The van der Waals surface area contributed by atoms with E-state index >= 15 is 0 Å². The van der Waals surface area contributed by atoms with Gasteiger partial charge in [-0.25, -0.2) is 4.39 Å². The van der Waals surface area contributed by atoms with Gasteiger partial charge in [0.15, 0.2) is 0 Å². The van der Waals surface area contributed by atoms with Crippen molar-refractivity contribution in [1.29, 1.82) is 0 Å². The first-order chi connectivity index (χ1) is 14.5. The van der Waals surface area contributed by atoms with Crippen LogP contribution in [0.3, 0.4) is 0 Å². The molecule has 1 aliphatic carbocycles. The summed E-state index contributed by atoms with van der Waals surface area (Å²) in [4.78, 5) is 38.8. The minimum absolute atomic E-state index is 0.0247. The van der Waals surface area contributed by atoms with Crippen LogP contribution in [0.5, 0.6) is 0 Å². The molecular formula is C23H24FN3O3. The third-order valence-electron chi connectivity index (χ3n) is 5.59. The van der Waals surface area contributed by atoms with Crippen LogP contribution in [-0.2, 0) is 9.59 Å². The molecule has 2 aliphatic rings. The fraction of sp³-hybridized carbons (Fsp3) is 0.348. The Kier molecular flexibility index (Phi) is 5.79. The minimum atomic E-state index is -0.377. The molecule has 7 heteroatoms. The highest BCUT2D eigenvalue weighted by atomic mass is 19.1. The lowest BCUT2D eigenvalue weighted by atomic mass is 9.95. The molecule has 30 heavy (non-hydrogen) atoms. The van der Waals surface area contributed by atoms with Crippen molar-refractivity contribution in [3.63, 3.8) is 0 Å². The van der Waals surface area contributed by atoms with Crippen LogP contribution in [0, 0.1) is 17.7 Å². The van der Waals surface area contributed by atoms with Gasteiger partial charge in [0.2, 0.25) is 11.8 Å². The van der Waals surface area contributed by atoms with Gasteiger partial charge in [-0.1, -0.05) is 6.07 Å². The normalized spacial score (nSPS) is 16.8. The van der Waals surface area contributed by atoms with E-state index in [9.17, 15) is 18.8 Å². The Morgan fingerprint density at radius 1 is 0.800 bits per heavy atom. The number of nitrogens with one attached hydrogen (secondary N) is 2. The fourth-order valence-corrected chi connectivity index (χ4v) is 3.63. The standard InChI is InChI=1S/C23H24FN3O3/c24-18-8-6-17(7-9-18)23(30)27-12-10-16(11-13-27)22(29)26-20-3-1-2-19(14-20)25-21(28)15-4-5-15/h1-3,6-9,14-16H,4-5,10-13H2,(H,25,28)(H,26,29). The number of hydrogen-bond acceptors (Lipinski definition) is 3. The maximum absolute atomic E-state index is 13.0. The van der Waals surface area contributed by atoms with Gasteiger partial charge in [0.1, 0.15) is 5.82 Å². The molecule has 2 fully saturated rings. The summed E-state index contributed by atoms with van der Waals surface area (Å²) in [6.07, 6.45) is 3.00. The van der Waals surface area contributed by atoms with Gasteiger partial charge in [0, 0.05) is 41.9 Å². The van der Waals surface area contributed by atoms with Crippen molar-refractivity contribution in [3.8, 4) is 0 Å². The second kappa shape index (κ2) is 8.65. The van der Waals surface area contributed by atoms with Crippen molar-refractivity contribution < 1.29 is 18.8 Å².